The molecule has 0 spiro atoms. The van der Waals surface area contributed by atoms with Crippen molar-refractivity contribution < 1.29 is 23.7 Å². The van der Waals surface area contributed by atoms with Gasteiger partial charge in [-0.25, -0.2) is 4.79 Å². The van der Waals surface area contributed by atoms with E-state index in [1.54, 1.807) is 30.3 Å². The highest BCUT2D eigenvalue weighted by molar-refractivity contribution is 5.90. The highest BCUT2D eigenvalue weighted by atomic mass is 16.7. The number of para-hydroxylation sites is 3. The zero-order valence-electron chi connectivity index (χ0n) is 15.6. The maximum atomic E-state index is 12.2. The monoisotopic (exact) mass is 392 g/mol. The average Bonchev–Trinajstić information content (AvgIpc) is 3.21. The molecular formula is C22H20N2O5. The summed E-state index contributed by atoms with van der Waals surface area (Å²) in [6, 6.07) is 21.7. The minimum absolute atomic E-state index is 0.218. The van der Waals surface area contributed by atoms with Crippen molar-refractivity contribution in [2.24, 2.45) is 0 Å². The van der Waals surface area contributed by atoms with Crippen LogP contribution in [0.25, 0.3) is 0 Å². The first-order chi connectivity index (χ1) is 14.3. The van der Waals surface area contributed by atoms with E-state index in [1.807, 2.05) is 42.5 Å². The second kappa shape index (κ2) is 8.88. The zero-order valence-corrected chi connectivity index (χ0v) is 15.6. The smallest absolute Gasteiger partial charge is 0.319 e. The summed E-state index contributed by atoms with van der Waals surface area (Å²) in [4.78, 5) is 12.2. The van der Waals surface area contributed by atoms with Crippen LogP contribution in [0.1, 0.15) is 0 Å². The normalized spacial score (nSPS) is 11.6. The van der Waals surface area contributed by atoms with Gasteiger partial charge >= 0.3 is 6.03 Å². The van der Waals surface area contributed by atoms with Gasteiger partial charge < -0.3 is 29.6 Å². The van der Waals surface area contributed by atoms with Crippen LogP contribution < -0.4 is 29.6 Å². The van der Waals surface area contributed by atoms with Gasteiger partial charge in [0.25, 0.3) is 0 Å². The molecule has 0 radical (unpaired) electrons. The van der Waals surface area contributed by atoms with Crippen LogP contribution >= 0.6 is 0 Å². The molecule has 1 heterocycles. The second-order valence-corrected chi connectivity index (χ2v) is 6.16. The number of benzene rings is 3. The van der Waals surface area contributed by atoms with Crippen LogP contribution in [-0.4, -0.2) is 26.0 Å². The number of urea groups is 1. The van der Waals surface area contributed by atoms with E-state index >= 15 is 0 Å². The predicted octanol–water partition coefficient (Wildman–Crippen LogP) is 4.41. The van der Waals surface area contributed by atoms with Crippen LogP contribution in [0.5, 0.6) is 28.7 Å². The number of rotatable bonds is 7. The number of hydrogen-bond acceptors (Lipinski definition) is 5. The third-order valence-corrected chi connectivity index (χ3v) is 4.11. The van der Waals surface area contributed by atoms with Crippen LogP contribution in [0.4, 0.5) is 10.5 Å². The van der Waals surface area contributed by atoms with E-state index in [1.165, 1.54) is 0 Å². The fourth-order valence-electron chi connectivity index (χ4n) is 2.74. The Morgan fingerprint density at radius 1 is 0.897 bits per heavy atom. The SMILES string of the molecule is O=C(NCCOc1ccc2c(c1)OCO2)Nc1ccccc1Oc1ccccc1. The summed E-state index contributed by atoms with van der Waals surface area (Å²) in [5, 5.41) is 5.55. The Morgan fingerprint density at radius 3 is 2.59 bits per heavy atom. The Balaban J connectivity index is 1.26. The molecule has 0 bridgehead atoms. The van der Waals surface area contributed by atoms with E-state index in [0.717, 1.165) is 0 Å². The standard InChI is InChI=1S/C22H20N2O5/c25-22(23-12-13-26-17-10-11-20-21(14-17)28-15-27-20)24-18-8-4-5-9-19(18)29-16-6-2-1-3-7-16/h1-11,14H,12-13,15H2,(H2,23,24,25). The minimum Gasteiger partial charge on any atom is -0.492 e. The highest BCUT2D eigenvalue weighted by Crippen LogP contribution is 2.35. The van der Waals surface area contributed by atoms with Crippen molar-refractivity contribution in [2.75, 3.05) is 25.3 Å². The topological polar surface area (TPSA) is 78.1 Å². The van der Waals surface area contributed by atoms with Gasteiger partial charge in [-0.15, -0.1) is 0 Å². The number of carbonyl (C=O) groups is 1. The first-order valence-corrected chi connectivity index (χ1v) is 9.17. The first-order valence-electron chi connectivity index (χ1n) is 9.17. The molecule has 0 saturated heterocycles. The van der Waals surface area contributed by atoms with Gasteiger partial charge in [0.15, 0.2) is 17.2 Å². The van der Waals surface area contributed by atoms with Crippen molar-refractivity contribution in [1.82, 2.24) is 5.32 Å². The van der Waals surface area contributed by atoms with E-state index in [4.69, 9.17) is 18.9 Å². The van der Waals surface area contributed by atoms with E-state index < -0.39 is 0 Å². The van der Waals surface area contributed by atoms with E-state index in [-0.39, 0.29) is 12.8 Å². The Labute approximate surface area is 168 Å². The van der Waals surface area contributed by atoms with E-state index in [2.05, 4.69) is 10.6 Å². The van der Waals surface area contributed by atoms with Gasteiger partial charge in [-0.05, 0) is 36.4 Å². The molecule has 148 valence electrons. The van der Waals surface area contributed by atoms with E-state index in [0.29, 0.717) is 47.6 Å². The molecule has 4 rings (SSSR count). The number of ether oxygens (including phenoxy) is 4. The lowest BCUT2D eigenvalue weighted by Gasteiger charge is -2.13. The van der Waals surface area contributed by atoms with E-state index in [9.17, 15) is 4.79 Å². The van der Waals surface area contributed by atoms with Gasteiger partial charge in [0, 0.05) is 6.07 Å². The van der Waals surface area contributed by atoms with Crippen molar-refractivity contribution in [3.63, 3.8) is 0 Å². The summed E-state index contributed by atoms with van der Waals surface area (Å²) in [6.07, 6.45) is 0. The molecule has 3 aromatic carbocycles. The lowest BCUT2D eigenvalue weighted by atomic mass is 10.3. The van der Waals surface area contributed by atoms with Crippen LogP contribution in [-0.2, 0) is 0 Å². The zero-order chi connectivity index (χ0) is 19.9. The fourth-order valence-corrected chi connectivity index (χ4v) is 2.74. The summed E-state index contributed by atoms with van der Waals surface area (Å²) in [5.74, 6) is 3.26. The summed E-state index contributed by atoms with van der Waals surface area (Å²) in [5.41, 5.74) is 0.575. The number of carbonyl (C=O) groups excluding carboxylic acids is 1. The van der Waals surface area contributed by atoms with Gasteiger partial charge in [0.05, 0.1) is 12.2 Å². The van der Waals surface area contributed by atoms with Gasteiger partial charge in [0.2, 0.25) is 6.79 Å². The number of amides is 2. The first kappa shape index (κ1) is 18.5. The molecule has 7 nitrogen and oxygen atoms in total. The summed E-state index contributed by atoms with van der Waals surface area (Å²) >= 11 is 0. The van der Waals surface area contributed by atoms with Gasteiger partial charge in [-0.1, -0.05) is 30.3 Å². The number of hydrogen-bond donors (Lipinski definition) is 2. The third-order valence-electron chi connectivity index (χ3n) is 4.11. The molecule has 0 aliphatic carbocycles. The Hall–Kier alpha value is -3.87. The van der Waals surface area contributed by atoms with Crippen LogP contribution in [0.15, 0.2) is 72.8 Å². The van der Waals surface area contributed by atoms with Crippen molar-refractivity contribution in [3.8, 4) is 28.7 Å². The van der Waals surface area contributed by atoms with Gasteiger partial charge in [-0.3, -0.25) is 0 Å². The Kier molecular flexibility index (Phi) is 5.66. The van der Waals surface area contributed by atoms with Gasteiger partial charge in [0.1, 0.15) is 18.1 Å². The molecular weight excluding hydrogens is 372 g/mol. The maximum Gasteiger partial charge on any atom is 0.319 e. The van der Waals surface area contributed by atoms with Crippen LogP contribution in [0.2, 0.25) is 0 Å². The molecule has 1 aliphatic rings. The number of anilines is 1. The molecule has 2 N–H and O–H groups in total. The van der Waals surface area contributed by atoms with Crippen molar-refractivity contribution in [2.45, 2.75) is 0 Å². The van der Waals surface area contributed by atoms with Crippen LogP contribution in [0, 0.1) is 0 Å². The molecule has 7 heteroatoms. The third kappa shape index (κ3) is 4.90. The number of nitrogens with one attached hydrogen (secondary N) is 2. The molecule has 1 aliphatic heterocycles. The number of fused-ring (bicyclic) bond motifs is 1. The molecule has 0 atom stereocenters. The minimum atomic E-state index is -0.344. The average molecular weight is 392 g/mol. The van der Waals surface area contributed by atoms with Crippen molar-refractivity contribution >= 4 is 11.7 Å². The summed E-state index contributed by atoms with van der Waals surface area (Å²) in [6.45, 7) is 0.868. The fraction of sp³-hybridized carbons (Fsp3) is 0.136. The quantitative estimate of drug-likeness (QED) is 0.583. The highest BCUT2D eigenvalue weighted by Gasteiger charge is 2.13. The van der Waals surface area contributed by atoms with Crippen molar-refractivity contribution in [1.29, 1.82) is 0 Å². The Bertz CT molecular complexity index is 978. The molecule has 0 aromatic heterocycles. The molecule has 0 fully saturated rings. The molecule has 3 aromatic rings. The second-order valence-electron chi connectivity index (χ2n) is 6.16. The largest absolute Gasteiger partial charge is 0.492 e. The Morgan fingerprint density at radius 2 is 1.69 bits per heavy atom. The summed E-state index contributed by atoms with van der Waals surface area (Å²) < 4.78 is 22.0. The maximum absolute atomic E-state index is 12.2. The molecule has 2 amide bonds. The lowest BCUT2D eigenvalue weighted by Crippen LogP contribution is -2.32. The predicted molar refractivity (Wildman–Crippen MR) is 108 cm³/mol. The summed E-state index contributed by atoms with van der Waals surface area (Å²) in [7, 11) is 0. The van der Waals surface area contributed by atoms with Crippen molar-refractivity contribution in [3.05, 3.63) is 72.8 Å². The van der Waals surface area contributed by atoms with Crippen LogP contribution in [0.3, 0.4) is 0 Å². The van der Waals surface area contributed by atoms with Gasteiger partial charge in [-0.2, -0.15) is 0 Å². The molecule has 29 heavy (non-hydrogen) atoms. The molecule has 0 unspecified atom stereocenters. The molecule has 0 saturated carbocycles. The lowest BCUT2D eigenvalue weighted by molar-refractivity contribution is 0.173.